The maximum Gasteiger partial charge on any atom is 0.403 e. The number of fused-ring (bicyclic) bond motifs is 1. The van der Waals surface area contributed by atoms with E-state index in [1.165, 1.54) is 16.8 Å². The Morgan fingerprint density at radius 1 is 1.67 bits per heavy atom. The number of hydrogen-bond donors (Lipinski definition) is 3. The van der Waals surface area contributed by atoms with Gasteiger partial charge < -0.3 is 10.6 Å². The Morgan fingerprint density at radius 2 is 2.38 bits per heavy atom. The van der Waals surface area contributed by atoms with Crippen molar-refractivity contribution in [3.63, 3.8) is 0 Å². The molecule has 0 aromatic carbocycles. The molecule has 21 heavy (non-hydrogen) atoms. The lowest BCUT2D eigenvalue weighted by Gasteiger charge is -2.13. The minimum Gasteiger partial charge on any atom is -0.364 e. The van der Waals surface area contributed by atoms with Crippen LogP contribution >= 0.6 is 19.3 Å². The summed E-state index contributed by atoms with van der Waals surface area (Å²) in [5, 5.41) is 2.60. The molecule has 0 radical (unpaired) electrons. The van der Waals surface area contributed by atoms with Gasteiger partial charge in [-0.1, -0.05) is 11.6 Å². The van der Waals surface area contributed by atoms with Crippen molar-refractivity contribution < 1.29 is 18.8 Å². The van der Waals surface area contributed by atoms with Gasteiger partial charge in [0.25, 0.3) is 5.91 Å². The highest BCUT2D eigenvalue weighted by molar-refractivity contribution is 7.50. The normalized spacial score (nSPS) is 14.2. The highest BCUT2D eigenvalue weighted by atomic mass is 35.5. The van der Waals surface area contributed by atoms with Gasteiger partial charge in [-0.15, -0.1) is 0 Å². The van der Waals surface area contributed by atoms with E-state index in [4.69, 9.17) is 17.3 Å². The number of halogens is 1. The van der Waals surface area contributed by atoms with Crippen LogP contribution in [0.5, 0.6) is 0 Å². The number of imidazole rings is 1. The van der Waals surface area contributed by atoms with E-state index in [1.807, 2.05) is 0 Å². The molecule has 1 unspecified atom stereocenters. The van der Waals surface area contributed by atoms with Gasteiger partial charge in [0, 0.05) is 12.7 Å². The monoisotopic (exact) mass is 333 g/mol. The molecule has 2 heterocycles. The summed E-state index contributed by atoms with van der Waals surface area (Å²) in [6, 6.07) is 0. The van der Waals surface area contributed by atoms with Gasteiger partial charge in [0.05, 0.1) is 23.5 Å². The van der Waals surface area contributed by atoms with Crippen LogP contribution in [0.1, 0.15) is 23.1 Å². The average molecular weight is 334 g/mol. The topological polar surface area (TPSA) is 132 Å². The summed E-state index contributed by atoms with van der Waals surface area (Å²) in [7, 11) is -3.92. The lowest BCUT2D eigenvalue weighted by Crippen LogP contribution is -2.15. The highest BCUT2D eigenvalue weighted by Crippen LogP contribution is 2.37. The van der Waals surface area contributed by atoms with Gasteiger partial charge in [-0.25, -0.2) is 19.6 Å². The molecule has 11 heteroatoms. The van der Waals surface area contributed by atoms with Gasteiger partial charge in [-0.05, 0) is 6.92 Å². The number of nitrogens with two attached hydrogens (primary N) is 1. The fourth-order valence-electron chi connectivity index (χ4n) is 1.65. The van der Waals surface area contributed by atoms with Crippen LogP contribution in [-0.2, 0) is 15.6 Å². The van der Waals surface area contributed by atoms with Crippen molar-refractivity contribution in [2.75, 3.05) is 6.61 Å². The van der Waals surface area contributed by atoms with Crippen LogP contribution in [0.3, 0.4) is 0 Å². The lowest BCUT2D eigenvalue weighted by molar-refractivity contribution is 0.0996. The van der Waals surface area contributed by atoms with Gasteiger partial charge in [0.2, 0.25) is 5.78 Å². The number of primary amides is 1. The Kier molecular flexibility index (Phi) is 4.60. The molecule has 0 spiro atoms. The Balaban J connectivity index is 2.36. The van der Waals surface area contributed by atoms with Crippen molar-refractivity contribution in [2.45, 2.75) is 13.5 Å². The summed E-state index contributed by atoms with van der Waals surface area (Å²) >= 11 is 6.02. The second-order valence-electron chi connectivity index (χ2n) is 3.99. The predicted octanol–water partition coefficient (Wildman–Crippen LogP) is 0.708. The first-order valence-corrected chi connectivity index (χ1v) is 7.84. The van der Waals surface area contributed by atoms with Gasteiger partial charge in [-0.3, -0.25) is 13.7 Å². The SMILES string of the molecule is CCOP(=O)(O)NCc1c(Cl)cnc2nc(C(N)=O)cn12. The number of nitrogens with zero attached hydrogens (tertiary/aromatic N) is 3. The first-order chi connectivity index (χ1) is 9.84. The minimum atomic E-state index is -3.92. The summed E-state index contributed by atoms with van der Waals surface area (Å²) in [5.74, 6) is -0.508. The number of rotatable bonds is 6. The number of nitrogens with one attached hydrogen (secondary N) is 1. The predicted molar refractivity (Wildman–Crippen MR) is 74.8 cm³/mol. The quantitative estimate of drug-likeness (QED) is 0.663. The molecule has 1 amide bonds. The third-order valence-corrected chi connectivity index (χ3v) is 4.03. The Bertz CT molecular complexity index is 734. The largest absolute Gasteiger partial charge is 0.403 e. The Labute approximate surface area is 124 Å². The molecule has 9 nitrogen and oxygen atoms in total. The molecule has 1 atom stereocenters. The van der Waals surface area contributed by atoms with Crippen molar-refractivity contribution in [1.29, 1.82) is 0 Å². The molecule has 0 bridgehead atoms. The fourth-order valence-corrected chi connectivity index (χ4v) is 2.65. The highest BCUT2D eigenvalue weighted by Gasteiger charge is 2.20. The zero-order valence-electron chi connectivity index (χ0n) is 11.0. The van der Waals surface area contributed by atoms with Gasteiger partial charge >= 0.3 is 7.75 Å². The van der Waals surface area contributed by atoms with E-state index in [0.717, 1.165) is 0 Å². The molecule has 0 aliphatic heterocycles. The number of aromatic nitrogens is 3. The van der Waals surface area contributed by atoms with E-state index in [0.29, 0.717) is 5.69 Å². The summed E-state index contributed by atoms with van der Waals surface area (Å²) in [5.41, 5.74) is 5.57. The van der Waals surface area contributed by atoms with Gasteiger partial charge in [0.15, 0.2) is 0 Å². The molecule has 4 N–H and O–H groups in total. The summed E-state index contributed by atoms with van der Waals surface area (Å²) < 4.78 is 17.7. The number of hydrogen-bond acceptors (Lipinski definition) is 5. The Hall–Kier alpha value is -1.51. The fraction of sp³-hybridized carbons (Fsp3) is 0.300. The van der Waals surface area contributed by atoms with Crippen molar-refractivity contribution >= 4 is 31.0 Å². The van der Waals surface area contributed by atoms with Crippen molar-refractivity contribution in [3.05, 3.63) is 28.8 Å². The standard InChI is InChI=1S/C10H13ClN5O4P/c1-2-20-21(18,19)14-4-8-6(11)3-13-10-15-7(9(12)17)5-16(8)10/h3,5H,2,4H2,1H3,(H2,12,17)(H2,14,18,19). The van der Waals surface area contributed by atoms with Crippen LogP contribution in [0.2, 0.25) is 5.02 Å². The molecular weight excluding hydrogens is 321 g/mol. The molecule has 2 aromatic rings. The molecule has 114 valence electrons. The maximum absolute atomic E-state index is 11.6. The van der Waals surface area contributed by atoms with Crippen LogP contribution in [-0.4, -0.2) is 31.8 Å². The molecular formula is C10H13ClN5O4P. The summed E-state index contributed by atoms with van der Waals surface area (Å²) in [6.07, 6.45) is 2.69. The lowest BCUT2D eigenvalue weighted by atomic mass is 10.4. The van der Waals surface area contributed by atoms with E-state index in [9.17, 15) is 14.3 Å². The molecule has 0 aliphatic carbocycles. The van der Waals surface area contributed by atoms with Crippen LogP contribution in [0.15, 0.2) is 12.4 Å². The summed E-state index contributed by atoms with van der Waals surface area (Å²) in [6.45, 7) is 1.59. The van der Waals surface area contributed by atoms with Crippen molar-refractivity contribution in [2.24, 2.45) is 5.73 Å². The van der Waals surface area contributed by atoms with E-state index in [1.54, 1.807) is 6.92 Å². The summed E-state index contributed by atoms with van der Waals surface area (Å²) in [4.78, 5) is 28.5. The number of carbonyl (C=O) groups is 1. The van der Waals surface area contributed by atoms with E-state index in [2.05, 4.69) is 19.6 Å². The minimum absolute atomic E-state index is 0.0167. The van der Waals surface area contributed by atoms with Crippen LogP contribution in [0.4, 0.5) is 0 Å². The van der Waals surface area contributed by atoms with Gasteiger partial charge in [-0.2, -0.15) is 0 Å². The molecule has 0 fully saturated rings. The first kappa shape index (κ1) is 15.9. The van der Waals surface area contributed by atoms with E-state index < -0.39 is 13.7 Å². The van der Waals surface area contributed by atoms with Crippen LogP contribution in [0.25, 0.3) is 5.78 Å². The Morgan fingerprint density at radius 3 is 3.00 bits per heavy atom. The molecule has 2 rings (SSSR count). The molecule has 0 saturated heterocycles. The van der Waals surface area contributed by atoms with Crippen molar-refractivity contribution in [1.82, 2.24) is 19.5 Å². The molecule has 2 aromatic heterocycles. The average Bonchev–Trinajstić information content (AvgIpc) is 2.81. The smallest absolute Gasteiger partial charge is 0.364 e. The second-order valence-corrected chi connectivity index (χ2v) is 6.01. The van der Waals surface area contributed by atoms with Crippen LogP contribution < -0.4 is 10.8 Å². The molecule has 0 saturated carbocycles. The number of amides is 1. The maximum atomic E-state index is 11.6. The molecule has 0 aliphatic rings. The van der Waals surface area contributed by atoms with E-state index in [-0.39, 0.29) is 29.6 Å². The second kappa shape index (κ2) is 6.08. The van der Waals surface area contributed by atoms with Crippen molar-refractivity contribution in [3.8, 4) is 0 Å². The van der Waals surface area contributed by atoms with E-state index >= 15 is 0 Å². The van der Waals surface area contributed by atoms with Crippen LogP contribution in [0, 0.1) is 0 Å². The zero-order valence-corrected chi connectivity index (χ0v) is 12.6. The van der Waals surface area contributed by atoms with Gasteiger partial charge in [0.1, 0.15) is 5.69 Å². The number of carbonyl (C=O) groups excluding carboxylic acids is 1. The zero-order chi connectivity index (χ0) is 15.6. The first-order valence-electron chi connectivity index (χ1n) is 5.89. The third-order valence-electron chi connectivity index (χ3n) is 2.55. The third kappa shape index (κ3) is 3.58.